The number of hydrogen-bond acceptors (Lipinski definition) is 3. The van der Waals surface area contributed by atoms with Crippen LogP contribution in [0.25, 0.3) is 0 Å². The molecule has 0 aliphatic rings. The Labute approximate surface area is 79.0 Å². The third kappa shape index (κ3) is 7.71. The van der Waals surface area contributed by atoms with Crippen molar-refractivity contribution in [2.24, 2.45) is 0 Å². The topological polar surface area (TPSA) is 60.7 Å². The predicted molar refractivity (Wildman–Crippen MR) is 52.3 cm³/mol. The summed E-state index contributed by atoms with van der Waals surface area (Å²) in [5.41, 5.74) is 0. The van der Waals surface area contributed by atoms with Crippen LogP contribution in [0, 0.1) is 0 Å². The van der Waals surface area contributed by atoms with Crippen LogP contribution in [0.15, 0.2) is 24.8 Å². The van der Waals surface area contributed by atoms with E-state index in [0.29, 0.717) is 19.3 Å². The molecule has 3 heteroatoms. The third-order valence-corrected chi connectivity index (χ3v) is 1.62. The van der Waals surface area contributed by atoms with E-state index < -0.39 is 12.2 Å². The van der Waals surface area contributed by atoms with Gasteiger partial charge in [0.2, 0.25) is 0 Å². The van der Waals surface area contributed by atoms with Crippen LogP contribution in [-0.4, -0.2) is 34.1 Å². The summed E-state index contributed by atoms with van der Waals surface area (Å²) in [6, 6.07) is 0. The van der Waals surface area contributed by atoms with Gasteiger partial charge in [-0.05, 0) is 19.3 Å². The average Bonchev–Trinajstić information content (AvgIpc) is 2.12. The van der Waals surface area contributed by atoms with Crippen LogP contribution < -0.4 is 0 Å². The van der Waals surface area contributed by atoms with Gasteiger partial charge in [0.1, 0.15) is 0 Å². The van der Waals surface area contributed by atoms with Gasteiger partial charge in [-0.25, -0.2) is 0 Å². The van der Waals surface area contributed by atoms with Crippen molar-refractivity contribution in [1.82, 2.24) is 0 Å². The van der Waals surface area contributed by atoms with Gasteiger partial charge in [-0.15, -0.1) is 6.58 Å². The fraction of sp³-hybridized carbons (Fsp3) is 0.600. The second kappa shape index (κ2) is 7.98. The molecule has 0 fully saturated rings. The van der Waals surface area contributed by atoms with Crippen LogP contribution in [0.2, 0.25) is 0 Å². The number of rotatable bonds is 7. The molecule has 0 bridgehead atoms. The molecule has 0 aromatic rings. The number of aliphatic hydroxyl groups is 3. The summed E-state index contributed by atoms with van der Waals surface area (Å²) >= 11 is 0. The van der Waals surface area contributed by atoms with Crippen molar-refractivity contribution in [2.75, 3.05) is 6.61 Å². The van der Waals surface area contributed by atoms with E-state index in [1.165, 1.54) is 0 Å². The first-order valence-corrected chi connectivity index (χ1v) is 4.47. The van der Waals surface area contributed by atoms with E-state index in [1.54, 1.807) is 18.2 Å². The van der Waals surface area contributed by atoms with E-state index in [2.05, 4.69) is 6.58 Å². The Morgan fingerprint density at radius 1 is 1.15 bits per heavy atom. The smallest absolute Gasteiger partial charge is 0.0756 e. The zero-order chi connectivity index (χ0) is 10.1. The molecule has 3 N–H and O–H groups in total. The molecule has 0 aliphatic heterocycles. The fourth-order valence-corrected chi connectivity index (χ4v) is 0.902. The highest BCUT2D eigenvalue weighted by Crippen LogP contribution is 2.00. The quantitative estimate of drug-likeness (QED) is 0.511. The van der Waals surface area contributed by atoms with Gasteiger partial charge in [0.05, 0.1) is 12.2 Å². The Morgan fingerprint density at radius 3 is 2.31 bits per heavy atom. The molecule has 2 atom stereocenters. The highest BCUT2D eigenvalue weighted by molar-refractivity contribution is 4.95. The molecule has 0 amide bonds. The summed E-state index contributed by atoms with van der Waals surface area (Å²) < 4.78 is 0. The lowest BCUT2D eigenvalue weighted by Crippen LogP contribution is -2.06. The standard InChI is InChI=1S/C10H18O3/c1-2-4-9(12)6-7-10(13)5-3-8-11/h2,6-7,9-13H,1,3-5,8H2/b7-6-/t9-,10?/m1/s1. The maximum atomic E-state index is 9.26. The highest BCUT2D eigenvalue weighted by Gasteiger charge is 1.99. The SMILES string of the molecule is C=CC[C@@H](O)/C=C\C(O)CCCO. The molecule has 0 heterocycles. The van der Waals surface area contributed by atoms with Gasteiger partial charge < -0.3 is 15.3 Å². The van der Waals surface area contributed by atoms with E-state index in [4.69, 9.17) is 5.11 Å². The Balaban J connectivity index is 3.61. The van der Waals surface area contributed by atoms with E-state index in [-0.39, 0.29) is 6.61 Å². The second-order valence-electron chi connectivity index (χ2n) is 2.91. The van der Waals surface area contributed by atoms with Crippen molar-refractivity contribution < 1.29 is 15.3 Å². The monoisotopic (exact) mass is 186 g/mol. The molecule has 0 radical (unpaired) electrons. The lowest BCUT2D eigenvalue weighted by Gasteiger charge is -2.05. The van der Waals surface area contributed by atoms with Crippen molar-refractivity contribution in [1.29, 1.82) is 0 Å². The first-order valence-electron chi connectivity index (χ1n) is 4.47. The summed E-state index contributed by atoms with van der Waals surface area (Å²) in [7, 11) is 0. The second-order valence-corrected chi connectivity index (χ2v) is 2.91. The van der Waals surface area contributed by atoms with Gasteiger partial charge in [-0.2, -0.15) is 0 Å². The van der Waals surface area contributed by atoms with Crippen LogP contribution in [0.1, 0.15) is 19.3 Å². The summed E-state index contributed by atoms with van der Waals surface area (Å²) in [5.74, 6) is 0. The van der Waals surface area contributed by atoms with Crippen LogP contribution >= 0.6 is 0 Å². The van der Waals surface area contributed by atoms with Crippen LogP contribution in [0.3, 0.4) is 0 Å². The van der Waals surface area contributed by atoms with Crippen molar-refractivity contribution in [2.45, 2.75) is 31.5 Å². The summed E-state index contributed by atoms with van der Waals surface area (Å²) in [5, 5.41) is 26.9. The number of hydrogen-bond donors (Lipinski definition) is 3. The fourth-order valence-electron chi connectivity index (χ4n) is 0.902. The first kappa shape index (κ1) is 12.4. The van der Waals surface area contributed by atoms with Crippen LogP contribution in [0.4, 0.5) is 0 Å². The Kier molecular flexibility index (Phi) is 7.59. The van der Waals surface area contributed by atoms with Crippen LogP contribution in [-0.2, 0) is 0 Å². The maximum Gasteiger partial charge on any atom is 0.0756 e. The molecule has 0 aromatic heterocycles. The van der Waals surface area contributed by atoms with E-state index in [9.17, 15) is 10.2 Å². The van der Waals surface area contributed by atoms with E-state index >= 15 is 0 Å². The minimum atomic E-state index is -0.577. The Hall–Kier alpha value is -0.640. The number of aliphatic hydroxyl groups excluding tert-OH is 3. The molecule has 0 aromatic carbocycles. The van der Waals surface area contributed by atoms with Gasteiger partial charge in [-0.3, -0.25) is 0 Å². The molecule has 1 unspecified atom stereocenters. The minimum absolute atomic E-state index is 0.0834. The molecule has 0 saturated heterocycles. The summed E-state index contributed by atoms with van der Waals surface area (Å²) in [6.45, 7) is 3.57. The third-order valence-electron chi connectivity index (χ3n) is 1.62. The van der Waals surface area contributed by atoms with Gasteiger partial charge >= 0.3 is 0 Å². The van der Waals surface area contributed by atoms with Crippen molar-refractivity contribution >= 4 is 0 Å². The van der Waals surface area contributed by atoms with Gasteiger partial charge in [0.25, 0.3) is 0 Å². The Bertz CT molecular complexity index is 154. The van der Waals surface area contributed by atoms with Crippen molar-refractivity contribution in [3.05, 3.63) is 24.8 Å². The summed E-state index contributed by atoms with van der Waals surface area (Å²) in [6.07, 6.45) is 5.15. The lowest BCUT2D eigenvalue weighted by molar-refractivity contribution is 0.185. The lowest BCUT2D eigenvalue weighted by atomic mass is 10.1. The summed E-state index contributed by atoms with van der Waals surface area (Å²) in [4.78, 5) is 0. The van der Waals surface area contributed by atoms with Gasteiger partial charge in [0.15, 0.2) is 0 Å². The molecule has 3 nitrogen and oxygen atoms in total. The highest BCUT2D eigenvalue weighted by atomic mass is 16.3. The molecular formula is C10H18O3. The zero-order valence-corrected chi connectivity index (χ0v) is 7.76. The molecule has 0 aliphatic carbocycles. The van der Waals surface area contributed by atoms with E-state index in [0.717, 1.165) is 0 Å². The molecule has 0 spiro atoms. The minimum Gasteiger partial charge on any atom is -0.396 e. The normalized spacial score (nSPS) is 15.9. The maximum absolute atomic E-state index is 9.26. The average molecular weight is 186 g/mol. The van der Waals surface area contributed by atoms with Gasteiger partial charge in [0, 0.05) is 6.61 Å². The molecule has 0 rings (SSSR count). The largest absolute Gasteiger partial charge is 0.396 e. The zero-order valence-electron chi connectivity index (χ0n) is 7.76. The van der Waals surface area contributed by atoms with E-state index in [1.807, 2.05) is 0 Å². The Morgan fingerprint density at radius 2 is 1.77 bits per heavy atom. The molecular weight excluding hydrogens is 168 g/mol. The molecule has 0 saturated carbocycles. The van der Waals surface area contributed by atoms with Crippen LogP contribution in [0.5, 0.6) is 0 Å². The molecule has 13 heavy (non-hydrogen) atoms. The molecule has 76 valence electrons. The van der Waals surface area contributed by atoms with Crippen molar-refractivity contribution in [3.63, 3.8) is 0 Å². The van der Waals surface area contributed by atoms with Crippen molar-refractivity contribution in [3.8, 4) is 0 Å². The van der Waals surface area contributed by atoms with Gasteiger partial charge in [-0.1, -0.05) is 18.2 Å². The first-order chi connectivity index (χ1) is 6.20. The predicted octanol–water partition coefficient (Wildman–Crippen LogP) is 0.613.